The van der Waals surface area contributed by atoms with Gasteiger partial charge in [-0.05, 0) is 44.4 Å². The molecule has 1 heterocycles. The van der Waals surface area contributed by atoms with Gasteiger partial charge in [0, 0.05) is 29.5 Å². The summed E-state index contributed by atoms with van der Waals surface area (Å²) in [5.41, 5.74) is 7.85. The van der Waals surface area contributed by atoms with Crippen LogP contribution in [0.4, 0.5) is 20.2 Å². The number of rotatable bonds is 2. The van der Waals surface area contributed by atoms with Crippen LogP contribution in [-0.2, 0) is 6.42 Å². The van der Waals surface area contributed by atoms with Crippen molar-refractivity contribution in [1.29, 1.82) is 0 Å². The second-order valence-electron chi connectivity index (χ2n) is 4.80. The summed E-state index contributed by atoms with van der Waals surface area (Å²) in [6.07, 6.45) is -0.526. The first-order chi connectivity index (χ1) is 8.00. The van der Waals surface area contributed by atoms with E-state index < -0.39 is 6.43 Å². The first-order valence-corrected chi connectivity index (χ1v) is 5.97. The molecule has 1 aromatic rings. The van der Waals surface area contributed by atoms with E-state index >= 15 is 0 Å². The lowest BCUT2D eigenvalue weighted by Crippen LogP contribution is -2.35. The molecule has 2 N–H and O–H groups in total. The largest absolute Gasteiger partial charge is 0.398 e. The van der Waals surface area contributed by atoms with Crippen LogP contribution in [0, 0.1) is 0 Å². The van der Waals surface area contributed by atoms with Gasteiger partial charge in [-0.3, -0.25) is 0 Å². The van der Waals surface area contributed by atoms with Crippen LogP contribution >= 0.6 is 0 Å². The van der Waals surface area contributed by atoms with Gasteiger partial charge in [0.05, 0.1) is 0 Å². The van der Waals surface area contributed by atoms with Gasteiger partial charge < -0.3 is 10.6 Å². The van der Waals surface area contributed by atoms with Gasteiger partial charge in [-0.1, -0.05) is 0 Å². The fraction of sp³-hybridized carbons (Fsp3) is 0.538. The van der Waals surface area contributed by atoms with Crippen LogP contribution < -0.4 is 10.6 Å². The van der Waals surface area contributed by atoms with E-state index in [1.807, 2.05) is 0 Å². The molecule has 0 aliphatic carbocycles. The van der Waals surface area contributed by atoms with E-state index in [9.17, 15) is 8.78 Å². The minimum Gasteiger partial charge on any atom is -0.398 e. The van der Waals surface area contributed by atoms with Crippen LogP contribution in [0.5, 0.6) is 0 Å². The Hall–Kier alpha value is -1.32. The molecule has 0 amide bonds. The highest BCUT2D eigenvalue weighted by Gasteiger charge is 2.22. The molecule has 0 saturated heterocycles. The number of nitrogens with zero attached hydrogens (tertiary/aromatic N) is 1. The molecule has 0 bridgehead atoms. The molecule has 2 nitrogen and oxygen atoms in total. The number of anilines is 2. The number of nitrogens with two attached hydrogens (primary N) is 1. The predicted molar refractivity (Wildman–Crippen MR) is 66.6 cm³/mol. The second-order valence-corrected chi connectivity index (χ2v) is 4.80. The maximum absolute atomic E-state index is 12.8. The van der Waals surface area contributed by atoms with E-state index in [4.69, 9.17) is 5.73 Å². The lowest BCUT2D eigenvalue weighted by atomic mass is 9.97. The van der Waals surface area contributed by atoms with Crippen LogP contribution in [-0.4, -0.2) is 12.6 Å². The SMILES string of the molecule is CC(C)N1CCCc2cc(N)c(C(F)F)cc21. The van der Waals surface area contributed by atoms with Crippen molar-refractivity contribution in [3.8, 4) is 0 Å². The summed E-state index contributed by atoms with van der Waals surface area (Å²) in [7, 11) is 0. The highest BCUT2D eigenvalue weighted by molar-refractivity contribution is 5.65. The molecular formula is C13H18F2N2. The van der Waals surface area contributed by atoms with Crippen LogP contribution in [0.3, 0.4) is 0 Å². The molecule has 0 unspecified atom stereocenters. The summed E-state index contributed by atoms with van der Waals surface area (Å²) in [5, 5.41) is 0. The number of aryl methyl sites for hydroxylation is 1. The Bertz CT molecular complexity index is 416. The number of hydrogen-bond donors (Lipinski definition) is 1. The minimum absolute atomic E-state index is 0.0451. The number of hydrogen-bond acceptors (Lipinski definition) is 2. The fourth-order valence-corrected chi connectivity index (χ4v) is 2.42. The predicted octanol–water partition coefficient (Wildman–Crippen LogP) is 3.37. The average Bonchev–Trinajstić information content (AvgIpc) is 2.26. The van der Waals surface area contributed by atoms with Crippen LogP contribution in [0.25, 0.3) is 0 Å². The summed E-state index contributed by atoms with van der Waals surface area (Å²) in [5.74, 6) is 0. The van der Waals surface area contributed by atoms with Crippen molar-refractivity contribution < 1.29 is 8.78 Å². The van der Waals surface area contributed by atoms with Gasteiger partial charge in [-0.15, -0.1) is 0 Å². The van der Waals surface area contributed by atoms with Crippen LogP contribution in [0.15, 0.2) is 12.1 Å². The summed E-state index contributed by atoms with van der Waals surface area (Å²) in [4.78, 5) is 2.17. The molecule has 0 spiro atoms. The van der Waals surface area contributed by atoms with Gasteiger partial charge in [-0.2, -0.15) is 0 Å². The Morgan fingerprint density at radius 2 is 2.00 bits per heavy atom. The zero-order valence-corrected chi connectivity index (χ0v) is 10.2. The third kappa shape index (κ3) is 2.21. The van der Waals surface area contributed by atoms with Crippen molar-refractivity contribution in [3.63, 3.8) is 0 Å². The molecular weight excluding hydrogens is 222 g/mol. The molecule has 1 aliphatic heterocycles. The Kier molecular flexibility index (Phi) is 3.22. The monoisotopic (exact) mass is 240 g/mol. The van der Waals surface area contributed by atoms with Gasteiger partial charge in [-0.25, -0.2) is 8.78 Å². The van der Waals surface area contributed by atoms with E-state index in [0.717, 1.165) is 30.6 Å². The molecule has 0 fully saturated rings. The first-order valence-electron chi connectivity index (χ1n) is 5.97. The summed E-state index contributed by atoms with van der Waals surface area (Å²) in [6, 6.07) is 3.60. The van der Waals surface area contributed by atoms with E-state index in [-0.39, 0.29) is 11.3 Å². The normalized spacial score (nSPS) is 15.5. The molecule has 1 aromatic carbocycles. The van der Waals surface area contributed by atoms with Crippen LogP contribution in [0.2, 0.25) is 0 Å². The Morgan fingerprint density at radius 1 is 1.29 bits per heavy atom. The van der Waals surface area contributed by atoms with E-state index in [2.05, 4.69) is 18.7 Å². The molecule has 0 atom stereocenters. The average molecular weight is 240 g/mol. The highest BCUT2D eigenvalue weighted by Crippen LogP contribution is 2.36. The molecule has 94 valence electrons. The summed E-state index contributed by atoms with van der Waals surface area (Å²) in [6.45, 7) is 5.08. The third-order valence-corrected chi connectivity index (χ3v) is 3.30. The lowest BCUT2D eigenvalue weighted by Gasteiger charge is -2.35. The van der Waals surface area contributed by atoms with Crippen molar-refractivity contribution in [1.82, 2.24) is 0 Å². The second kappa shape index (κ2) is 4.51. The van der Waals surface area contributed by atoms with Gasteiger partial charge in [0.25, 0.3) is 6.43 Å². The highest BCUT2D eigenvalue weighted by atomic mass is 19.3. The zero-order chi connectivity index (χ0) is 12.6. The molecule has 17 heavy (non-hydrogen) atoms. The Morgan fingerprint density at radius 3 is 2.59 bits per heavy atom. The zero-order valence-electron chi connectivity index (χ0n) is 10.2. The van der Waals surface area contributed by atoms with Crippen molar-refractivity contribution >= 4 is 11.4 Å². The molecule has 1 aliphatic rings. The minimum atomic E-state index is -2.50. The smallest absolute Gasteiger partial charge is 0.265 e. The van der Waals surface area contributed by atoms with E-state index in [0.29, 0.717) is 6.04 Å². The number of halogens is 2. The number of alkyl halides is 2. The van der Waals surface area contributed by atoms with Crippen molar-refractivity contribution in [3.05, 3.63) is 23.3 Å². The van der Waals surface area contributed by atoms with Gasteiger partial charge in [0.1, 0.15) is 0 Å². The van der Waals surface area contributed by atoms with Crippen LogP contribution in [0.1, 0.15) is 37.8 Å². The quantitative estimate of drug-likeness (QED) is 0.803. The van der Waals surface area contributed by atoms with E-state index in [1.54, 1.807) is 12.1 Å². The van der Waals surface area contributed by atoms with Crippen molar-refractivity contribution in [2.75, 3.05) is 17.2 Å². The van der Waals surface area contributed by atoms with Crippen molar-refractivity contribution in [2.45, 2.75) is 39.2 Å². The van der Waals surface area contributed by atoms with Gasteiger partial charge in [0.2, 0.25) is 0 Å². The topological polar surface area (TPSA) is 29.3 Å². The first kappa shape index (κ1) is 12.1. The Balaban J connectivity index is 2.49. The molecule has 0 radical (unpaired) electrons. The van der Waals surface area contributed by atoms with Crippen molar-refractivity contribution in [2.24, 2.45) is 0 Å². The van der Waals surface area contributed by atoms with Gasteiger partial charge >= 0.3 is 0 Å². The fourth-order valence-electron chi connectivity index (χ4n) is 2.42. The number of nitrogen functional groups attached to an aromatic ring is 1. The molecule has 2 rings (SSSR count). The maximum Gasteiger partial charge on any atom is 0.265 e. The molecule has 4 heteroatoms. The van der Waals surface area contributed by atoms with Gasteiger partial charge in [0.15, 0.2) is 0 Å². The summed E-state index contributed by atoms with van der Waals surface area (Å²) >= 11 is 0. The third-order valence-electron chi connectivity index (χ3n) is 3.30. The summed E-state index contributed by atoms with van der Waals surface area (Å²) < 4.78 is 25.7. The number of fused-ring (bicyclic) bond motifs is 1. The molecule has 0 aromatic heterocycles. The lowest BCUT2D eigenvalue weighted by molar-refractivity contribution is 0.152. The number of benzene rings is 1. The van der Waals surface area contributed by atoms with E-state index in [1.165, 1.54) is 0 Å². The molecule has 0 saturated carbocycles. The Labute approximate surface area is 100 Å². The maximum atomic E-state index is 12.8. The standard InChI is InChI=1S/C13H18F2N2/c1-8(2)17-5-3-4-9-6-11(16)10(13(14)15)7-12(9)17/h6-8,13H,3-5,16H2,1-2H3.